The predicted octanol–water partition coefficient (Wildman–Crippen LogP) is 2.57. The number of nitrogens with one attached hydrogen (secondary N) is 1. The molecule has 2 rings (SSSR count). The molecule has 1 heterocycles. The number of likely N-dealkylation sites (N-methyl/N-ethyl adjacent to an activating group) is 1. The van der Waals surface area contributed by atoms with Crippen LogP contribution in [-0.4, -0.2) is 37.7 Å². The van der Waals surface area contributed by atoms with Gasteiger partial charge >= 0.3 is 0 Å². The monoisotopic (exact) mass is 293 g/mol. The first-order chi connectivity index (χ1) is 10.1. The molecule has 0 saturated carbocycles. The van der Waals surface area contributed by atoms with Gasteiger partial charge < -0.3 is 15.0 Å². The number of nitro benzene ring substituents is 1. The Morgan fingerprint density at radius 3 is 2.90 bits per heavy atom. The number of benzene rings is 1. The minimum atomic E-state index is -0.371. The largest absolute Gasteiger partial charge is 0.493 e. The van der Waals surface area contributed by atoms with Gasteiger partial charge in [-0.2, -0.15) is 0 Å². The van der Waals surface area contributed by atoms with Gasteiger partial charge in [0.15, 0.2) is 0 Å². The summed E-state index contributed by atoms with van der Waals surface area (Å²) in [6.45, 7) is 4.47. The van der Waals surface area contributed by atoms with Gasteiger partial charge in [-0.25, -0.2) is 0 Å². The van der Waals surface area contributed by atoms with Gasteiger partial charge in [0.1, 0.15) is 5.75 Å². The maximum absolute atomic E-state index is 11.1. The second kappa shape index (κ2) is 7.26. The van der Waals surface area contributed by atoms with Crippen LogP contribution in [0.3, 0.4) is 0 Å². The predicted molar refractivity (Wildman–Crippen MR) is 83.2 cm³/mol. The number of anilines is 1. The molecule has 1 N–H and O–H groups in total. The summed E-state index contributed by atoms with van der Waals surface area (Å²) in [7, 11) is 1.96. The van der Waals surface area contributed by atoms with Crippen LogP contribution in [-0.2, 0) is 0 Å². The molecule has 21 heavy (non-hydrogen) atoms. The average Bonchev–Trinajstić information content (AvgIpc) is 2.97. The topological polar surface area (TPSA) is 67.6 Å². The Labute approximate surface area is 125 Å². The van der Waals surface area contributed by atoms with Crippen molar-refractivity contribution in [2.24, 2.45) is 0 Å². The molecule has 0 amide bonds. The molecule has 0 bridgehead atoms. The maximum atomic E-state index is 11.1. The van der Waals surface area contributed by atoms with Crippen molar-refractivity contribution in [1.29, 1.82) is 0 Å². The van der Waals surface area contributed by atoms with Gasteiger partial charge in [0, 0.05) is 37.5 Å². The van der Waals surface area contributed by atoms with Crippen molar-refractivity contribution in [3.05, 3.63) is 28.3 Å². The zero-order chi connectivity index (χ0) is 15.2. The van der Waals surface area contributed by atoms with E-state index in [1.165, 1.54) is 12.5 Å². The Bertz CT molecular complexity index is 487. The molecule has 1 fully saturated rings. The van der Waals surface area contributed by atoms with Crippen molar-refractivity contribution in [2.45, 2.75) is 32.2 Å². The van der Waals surface area contributed by atoms with Crippen LogP contribution in [0.1, 0.15) is 26.2 Å². The van der Waals surface area contributed by atoms with Gasteiger partial charge in [0.2, 0.25) is 0 Å². The Kier molecular flexibility index (Phi) is 5.38. The molecular weight excluding hydrogens is 270 g/mol. The highest BCUT2D eigenvalue weighted by Gasteiger charge is 2.18. The quantitative estimate of drug-likeness (QED) is 0.618. The summed E-state index contributed by atoms with van der Waals surface area (Å²) in [5.41, 5.74) is 0.897. The van der Waals surface area contributed by atoms with Gasteiger partial charge in [-0.3, -0.25) is 10.1 Å². The second-order valence-electron chi connectivity index (χ2n) is 5.46. The summed E-state index contributed by atoms with van der Waals surface area (Å²) in [6, 6.07) is 5.42. The van der Waals surface area contributed by atoms with Gasteiger partial charge in [-0.05, 0) is 25.8 Å². The minimum absolute atomic E-state index is 0.0739. The zero-order valence-corrected chi connectivity index (χ0v) is 12.7. The van der Waals surface area contributed by atoms with E-state index in [9.17, 15) is 10.1 Å². The van der Waals surface area contributed by atoms with Crippen LogP contribution in [0.15, 0.2) is 18.2 Å². The van der Waals surface area contributed by atoms with E-state index in [0.29, 0.717) is 18.4 Å². The second-order valence-corrected chi connectivity index (χ2v) is 5.46. The van der Waals surface area contributed by atoms with Crippen LogP contribution < -0.4 is 15.0 Å². The fourth-order valence-electron chi connectivity index (χ4n) is 2.55. The lowest BCUT2D eigenvalue weighted by atomic mass is 10.2. The van der Waals surface area contributed by atoms with Gasteiger partial charge in [-0.15, -0.1) is 0 Å². The van der Waals surface area contributed by atoms with E-state index in [1.54, 1.807) is 6.07 Å². The smallest absolute Gasteiger partial charge is 0.275 e. The molecule has 1 saturated heterocycles. The van der Waals surface area contributed by atoms with Gasteiger partial charge in [0.25, 0.3) is 5.69 Å². The number of nitro groups is 1. The highest BCUT2D eigenvalue weighted by molar-refractivity contribution is 5.57. The molecule has 0 aliphatic carbocycles. The van der Waals surface area contributed by atoms with Crippen molar-refractivity contribution in [2.75, 3.05) is 31.6 Å². The Balaban J connectivity index is 2.15. The number of rotatable bonds is 7. The Hall–Kier alpha value is -1.82. The highest BCUT2D eigenvalue weighted by atomic mass is 16.6. The van der Waals surface area contributed by atoms with Gasteiger partial charge in [0.05, 0.1) is 17.6 Å². The summed E-state index contributed by atoms with van der Waals surface area (Å²) in [5, 5.41) is 14.5. The number of nitrogens with zero attached hydrogens (tertiary/aromatic N) is 2. The number of non-ortho nitro benzene ring substituents is 1. The standard InChI is InChI=1S/C15H23N3O3/c1-3-7-21-15-9-13(8-14(10-15)18(19)20)17(2)11-12-5-4-6-16-12/h8-10,12,16H,3-7,11H2,1-2H3. The molecule has 6 heteroatoms. The first-order valence-corrected chi connectivity index (χ1v) is 7.47. The van der Waals surface area contributed by atoms with Crippen molar-refractivity contribution in [3.63, 3.8) is 0 Å². The van der Waals surface area contributed by atoms with E-state index in [4.69, 9.17) is 4.74 Å². The number of hydrogen-bond donors (Lipinski definition) is 1. The molecule has 1 aromatic carbocycles. The van der Waals surface area contributed by atoms with E-state index in [1.807, 2.05) is 20.0 Å². The van der Waals surface area contributed by atoms with E-state index < -0.39 is 0 Å². The third-order valence-electron chi connectivity index (χ3n) is 3.66. The summed E-state index contributed by atoms with van der Waals surface area (Å²) < 4.78 is 5.56. The third kappa shape index (κ3) is 4.32. The summed E-state index contributed by atoms with van der Waals surface area (Å²) in [4.78, 5) is 12.7. The fourth-order valence-corrected chi connectivity index (χ4v) is 2.55. The van der Waals surface area contributed by atoms with Crippen LogP contribution in [0.4, 0.5) is 11.4 Å². The van der Waals surface area contributed by atoms with Crippen molar-refractivity contribution in [3.8, 4) is 5.75 Å². The molecule has 0 aromatic heterocycles. The Morgan fingerprint density at radius 1 is 1.48 bits per heavy atom. The lowest BCUT2D eigenvalue weighted by molar-refractivity contribution is -0.384. The van der Waals surface area contributed by atoms with Crippen molar-refractivity contribution < 1.29 is 9.66 Å². The van der Waals surface area contributed by atoms with E-state index in [0.717, 1.165) is 31.6 Å². The lowest BCUT2D eigenvalue weighted by Crippen LogP contribution is -2.35. The molecule has 0 spiro atoms. The van der Waals surface area contributed by atoms with E-state index >= 15 is 0 Å². The first kappa shape index (κ1) is 15.6. The lowest BCUT2D eigenvalue weighted by Gasteiger charge is -2.23. The van der Waals surface area contributed by atoms with E-state index in [-0.39, 0.29) is 10.6 Å². The third-order valence-corrected chi connectivity index (χ3v) is 3.66. The first-order valence-electron chi connectivity index (χ1n) is 7.47. The van der Waals surface area contributed by atoms with Crippen molar-refractivity contribution in [1.82, 2.24) is 5.32 Å². The van der Waals surface area contributed by atoms with Crippen LogP contribution in [0.25, 0.3) is 0 Å². The molecule has 1 aliphatic heterocycles. The summed E-state index contributed by atoms with van der Waals surface area (Å²) in [5.74, 6) is 0.562. The fraction of sp³-hybridized carbons (Fsp3) is 0.600. The molecular formula is C15H23N3O3. The molecule has 1 aromatic rings. The minimum Gasteiger partial charge on any atom is -0.493 e. The van der Waals surface area contributed by atoms with Crippen molar-refractivity contribution >= 4 is 11.4 Å². The Morgan fingerprint density at radius 2 is 2.29 bits per heavy atom. The van der Waals surface area contributed by atoms with Gasteiger partial charge in [-0.1, -0.05) is 6.92 Å². The molecule has 116 valence electrons. The van der Waals surface area contributed by atoms with Crippen LogP contribution >= 0.6 is 0 Å². The van der Waals surface area contributed by atoms with E-state index in [2.05, 4.69) is 10.2 Å². The normalized spacial score (nSPS) is 17.7. The van der Waals surface area contributed by atoms with Crippen LogP contribution in [0, 0.1) is 10.1 Å². The SMILES string of the molecule is CCCOc1cc(N(C)CC2CCCN2)cc([N+](=O)[O-])c1. The summed E-state index contributed by atoms with van der Waals surface area (Å²) in [6.07, 6.45) is 3.22. The maximum Gasteiger partial charge on any atom is 0.275 e. The number of ether oxygens (including phenoxy) is 1. The number of hydrogen-bond acceptors (Lipinski definition) is 5. The van der Waals surface area contributed by atoms with Crippen LogP contribution in [0.2, 0.25) is 0 Å². The molecule has 1 aliphatic rings. The molecule has 6 nitrogen and oxygen atoms in total. The molecule has 1 unspecified atom stereocenters. The zero-order valence-electron chi connectivity index (χ0n) is 12.7. The highest BCUT2D eigenvalue weighted by Crippen LogP contribution is 2.28. The van der Waals surface area contributed by atoms with Crippen LogP contribution in [0.5, 0.6) is 5.75 Å². The molecule has 1 atom stereocenters. The average molecular weight is 293 g/mol. The molecule has 0 radical (unpaired) electrons. The summed E-state index contributed by atoms with van der Waals surface area (Å²) >= 11 is 0.